The second-order valence-electron chi connectivity index (χ2n) is 7.88. The summed E-state index contributed by atoms with van der Waals surface area (Å²) in [4.78, 5) is 32.7. The minimum absolute atomic E-state index is 0.00115. The van der Waals surface area contributed by atoms with Crippen LogP contribution in [-0.2, 0) is 17.3 Å². The van der Waals surface area contributed by atoms with Crippen molar-refractivity contribution in [1.29, 1.82) is 0 Å². The number of rotatable bonds is 6. The Bertz CT molecular complexity index is 1040. The van der Waals surface area contributed by atoms with Gasteiger partial charge in [0.1, 0.15) is 17.0 Å². The standard InChI is InChI=1S/C21H23F3N4O4S/c1-5-6-14-12-33-17(26-14)28(19(30)31)11-15(27-18(29)32-20(2,3)4)9-13-7-8-16(25-10-13)21(22,23)24/h7-8,10,12,15H,9,11H2,1-4H3,(H,27,29)(H,30,31)/t15-/m1/s1. The minimum atomic E-state index is -4.59. The van der Waals surface area contributed by atoms with Crippen molar-refractivity contribution in [3.63, 3.8) is 0 Å². The largest absolute Gasteiger partial charge is 0.465 e. The summed E-state index contributed by atoms with van der Waals surface area (Å²) in [5.41, 5.74) is -1.10. The van der Waals surface area contributed by atoms with Crippen molar-refractivity contribution in [2.45, 2.75) is 51.9 Å². The Morgan fingerprint density at radius 3 is 2.52 bits per heavy atom. The van der Waals surface area contributed by atoms with Gasteiger partial charge >= 0.3 is 18.4 Å². The number of aromatic nitrogens is 2. The molecule has 0 fully saturated rings. The van der Waals surface area contributed by atoms with Crippen LogP contribution in [0.25, 0.3) is 0 Å². The maximum absolute atomic E-state index is 12.8. The molecule has 0 unspecified atom stereocenters. The van der Waals surface area contributed by atoms with Crippen LogP contribution < -0.4 is 10.2 Å². The highest BCUT2D eigenvalue weighted by Crippen LogP contribution is 2.27. The fraction of sp³-hybridized carbons (Fsp3) is 0.429. The zero-order valence-electron chi connectivity index (χ0n) is 18.4. The Morgan fingerprint density at radius 2 is 2.00 bits per heavy atom. The normalized spacial score (nSPS) is 12.3. The predicted octanol–water partition coefficient (Wildman–Crippen LogP) is 4.55. The van der Waals surface area contributed by atoms with E-state index in [1.54, 1.807) is 33.1 Å². The van der Waals surface area contributed by atoms with Crippen LogP contribution >= 0.6 is 11.3 Å². The number of nitrogens with zero attached hydrogens (tertiary/aromatic N) is 3. The lowest BCUT2D eigenvalue weighted by atomic mass is 10.1. The Labute approximate surface area is 192 Å². The number of hydrogen-bond acceptors (Lipinski definition) is 6. The maximum Gasteiger partial charge on any atom is 0.433 e. The fourth-order valence-corrected chi connectivity index (χ4v) is 3.42. The molecule has 33 heavy (non-hydrogen) atoms. The van der Waals surface area contributed by atoms with Gasteiger partial charge in [-0.25, -0.2) is 14.6 Å². The van der Waals surface area contributed by atoms with Gasteiger partial charge < -0.3 is 15.2 Å². The molecule has 2 heterocycles. The van der Waals surface area contributed by atoms with Gasteiger partial charge in [0.15, 0.2) is 5.13 Å². The molecule has 8 nitrogen and oxygen atoms in total. The number of thiazole rings is 1. The topological polar surface area (TPSA) is 105 Å². The van der Waals surface area contributed by atoms with Crippen molar-refractivity contribution >= 4 is 28.7 Å². The van der Waals surface area contributed by atoms with E-state index >= 15 is 0 Å². The molecule has 178 valence electrons. The molecule has 0 radical (unpaired) electrons. The number of alkyl carbamates (subject to hydrolysis) is 1. The van der Waals surface area contributed by atoms with Crippen molar-refractivity contribution < 1.29 is 32.6 Å². The Kier molecular flexibility index (Phi) is 8.27. The van der Waals surface area contributed by atoms with Crippen LogP contribution in [0.2, 0.25) is 0 Å². The number of anilines is 1. The van der Waals surface area contributed by atoms with E-state index in [1.165, 1.54) is 6.07 Å². The molecule has 2 aromatic heterocycles. The van der Waals surface area contributed by atoms with Crippen LogP contribution in [0.1, 0.15) is 44.6 Å². The molecule has 0 aliphatic heterocycles. The number of hydrogen-bond donors (Lipinski definition) is 2. The molecule has 0 aromatic carbocycles. The first kappa shape index (κ1) is 25.9. The number of halogens is 3. The minimum Gasteiger partial charge on any atom is -0.465 e. The monoisotopic (exact) mass is 484 g/mol. The summed E-state index contributed by atoms with van der Waals surface area (Å²) in [5.74, 6) is 5.40. The highest BCUT2D eigenvalue weighted by molar-refractivity contribution is 7.14. The number of carboxylic acid groups (broad SMARTS) is 1. The molecule has 1 atom stereocenters. The highest BCUT2D eigenvalue weighted by Gasteiger charge is 2.32. The van der Waals surface area contributed by atoms with Gasteiger partial charge in [-0.3, -0.25) is 9.88 Å². The maximum atomic E-state index is 12.8. The number of carbonyl (C=O) groups is 2. The Balaban J connectivity index is 2.28. The summed E-state index contributed by atoms with van der Waals surface area (Å²) in [7, 11) is 0. The van der Waals surface area contributed by atoms with Gasteiger partial charge in [0, 0.05) is 11.6 Å². The zero-order valence-corrected chi connectivity index (χ0v) is 19.2. The molecule has 2 aromatic rings. The Hall–Kier alpha value is -3.33. The van der Waals surface area contributed by atoms with Crippen LogP contribution in [0.15, 0.2) is 23.7 Å². The molecule has 2 amide bonds. The van der Waals surface area contributed by atoms with Gasteiger partial charge in [-0.2, -0.15) is 13.2 Å². The van der Waals surface area contributed by atoms with Crippen molar-refractivity contribution in [3.05, 3.63) is 40.7 Å². The molecule has 0 aliphatic carbocycles. The third-order valence-electron chi connectivity index (χ3n) is 3.93. The van der Waals surface area contributed by atoms with Gasteiger partial charge in [0.2, 0.25) is 0 Å². The van der Waals surface area contributed by atoms with Crippen molar-refractivity contribution in [3.8, 4) is 11.8 Å². The summed E-state index contributed by atoms with van der Waals surface area (Å²) in [6.07, 6.45) is -5.66. The van der Waals surface area contributed by atoms with E-state index in [0.717, 1.165) is 28.5 Å². The third-order valence-corrected chi connectivity index (χ3v) is 4.79. The van der Waals surface area contributed by atoms with Crippen molar-refractivity contribution in [1.82, 2.24) is 15.3 Å². The molecular formula is C21H23F3N4O4S. The van der Waals surface area contributed by atoms with Crippen molar-refractivity contribution in [2.24, 2.45) is 0 Å². The van der Waals surface area contributed by atoms with E-state index < -0.39 is 35.7 Å². The van der Waals surface area contributed by atoms with Crippen LogP contribution in [-0.4, -0.2) is 45.4 Å². The summed E-state index contributed by atoms with van der Waals surface area (Å²) in [6, 6.07) is 1.20. The smallest absolute Gasteiger partial charge is 0.433 e. The number of carbonyl (C=O) groups excluding carboxylic acids is 1. The molecule has 12 heteroatoms. The lowest BCUT2D eigenvalue weighted by Gasteiger charge is -2.26. The van der Waals surface area contributed by atoms with Gasteiger partial charge in [-0.1, -0.05) is 12.0 Å². The van der Waals surface area contributed by atoms with Gasteiger partial charge in [-0.05, 0) is 51.7 Å². The van der Waals surface area contributed by atoms with Crippen molar-refractivity contribution in [2.75, 3.05) is 11.4 Å². The predicted molar refractivity (Wildman–Crippen MR) is 116 cm³/mol. The number of amides is 2. The molecule has 0 spiro atoms. The quantitative estimate of drug-likeness (QED) is 0.583. The zero-order chi connectivity index (χ0) is 24.8. The van der Waals surface area contributed by atoms with Crippen LogP contribution in [0.5, 0.6) is 0 Å². The van der Waals surface area contributed by atoms with Crippen LogP contribution in [0, 0.1) is 11.8 Å². The van der Waals surface area contributed by atoms with E-state index in [1.807, 2.05) is 0 Å². The lowest BCUT2D eigenvalue weighted by Crippen LogP contribution is -2.48. The summed E-state index contributed by atoms with van der Waals surface area (Å²) in [5, 5.41) is 14.0. The fourth-order valence-electron chi connectivity index (χ4n) is 2.67. The SMILES string of the molecule is CC#Cc1csc(N(C[C@@H](Cc2ccc(C(F)(F)F)nc2)NC(=O)OC(C)(C)C)C(=O)O)n1. The van der Waals surface area contributed by atoms with E-state index in [2.05, 4.69) is 27.1 Å². The van der Waals surface area contributed by atoms with E-state index in [0.29, 0.717) is 11.3 Å². The van der Waals surface area contributed by atoms with Gasteiger partial charge in [-0.15, -0.1) is 11.3 Å². The van der Waals surface area contributed by atoms with E-state index in [4.69, 9.17) is 4.74 Å². The molecule has 0 bridgehead atoms. The van der Waals surface area contributed by atoms with E-state index in [-0.39, 0.29) is 18.1 Å². The number of pyridine rings is 1. The number of alkyl halides is 3. The number of ether oxygens (including phenoxy) is 1. The average Bonchev–Trinajstić information content (AvgIpc) is 3.12. The molecule has 0 aliphatic rings. The summed E-state index contributed by atoms with van der Waals surface area (Å²) >= 11 is 1.06. The lowest BCUT2D eigenvalue weighted by molar-refractivity contribution is -0.141. The van der Waals surface area contributed by atoms with Gasteiger partial charge in [0.25, 0.3) is 0 Å². The molecule has 2 rings (SSSR count). The first-order chi connectivity index (χ1) is 15.3. The molecular weight excluding hydrogens is 461 g/mol. The van der Waals surface area contributed by atoms with E-state index in [9.17, 15) is 27.9 Å². The summed E-state index contributed by atoms with van der Waals surface area (Å²) in [6.45, 7) is 6.37. The molecule has 0 saturated heterocycles. The van der Waals surface area contributed by atoms with Crippen LogP contribution in [0.3, 0.4) is 0 Å². The second-order valence-corrected chi connectivity index (χ2v) is 8.72. The second kappa shape index (κ2) is 10.5. The Morgan fingerprint density at radius 1 is 1.30 bits per heavy atom. The third kappa shape index (κ3) is 8.27. The average molecular weight is 485 g/mol. The first-order valence-electron chi connectivity index (χ1n) is 9.69. The molecule has 0 saturated carbocycles. The summed E-state index contributed by atoms with van der Waals surface area (Å²) < 4.78 is 43.6. The highest BCUT2D eigenvalue weighted by atomic mass is 32.1. The number of nitrogens with one attached hydrogen (secondary N) is 1. The van der Waals surface area contributed by atoms with Crippen LogP contribution in [0.4, 0.5) is 27.9 Å². The first-order valence-corrected chi connectivity index (χ1v) is 10.6. The molecule has 2 N–H and O–H groups in total. The van der Waals surface area contributed by atoms with Gasteiger partial charge in [0.05, 0.1) is 12.6 Å².